The van der Waals surface area contributed by atoms with Gasteiger partial charge in [-0.05, 0) is 37.6 Å². The second-order valence-electron chi connectivity index (χ2n) is 4.82. The minimum absolute atomic E-state index is 0.235. The average molecular weight is 293 g/mol. The number of hydrogen-bond acceptors (Lipinski definition) is 1. The summed E-state index contributed by atoms with van der Waals surface area (Å²) in [4.78, 5) is 12.1. The lowest BCUT2D eigenvalue weighted by atomic mass is 10.1. The molecule has 110 valence electrons. The molecule has 1 amide bonds. The van der Waals surface area contributed by atoms with E-state index in [0.717, 1.165) is 6.07 Å². The average Bonchev–Trinajstić information content (AvgIpc) is 2.40. The Bertz CT molecular complexity index is 677. The predicted octanol–water partition coefficient (Wildman–Crippen LogP) is 4.57. The predicted molar refractivity (Wildman–Crippen MR) is 75.3 cm³/mol. The molecule has 5 heteroatoms. The number of carbonyl (C=O) groups is 1. The summed E-state index contributed by atoms with van der Waals surface area (Å²) in [6, 6.07) is 10.6. The summed E-state index contributed by atoms with van der Waals surface area (Å²) in [6.07, 6.45) is -4.51. The number of aryl methyl sites for hydroxylation is 2. The Hall–Kier alpha value is -2.30. The number of alkyl halides is 3. The Morgan fingerprint density at radius 1 is 1.05 bits per heavy atom. The van der Waals surface area contributed by atoms with Gasteiger partial charge in [0.25, 0.3) is 5.91 Å². The molecule has 1 N–H and O–H groups in total. The van der Waals surface area contributed by atoms with Gasteiger partial charge in [0.05, 0.1) is 11.3 Å². The number of hydrogen-bond donors (Lipinski definition) is 1. The fourth-order valence-corrected chi connectivity index (χ4v) is 2.02. The molecular formula is C16H14F3NO. The molecule has 0 heterocycles. The number of halogens is 3. The number of carbonyl (C=O) groups excluding carboxylic acids is 1. The molecule has 0 fully saturated rings. The van der Waals surface area contributed by atoms with E-state index in [1.165, 1.54) is 12.1 Å². The zero-order valence-electron chi connectivity index (χ0n) is 11.6. The summed E-state index contributed by atoms with van der Waals surface area (Å²) < 4.78 is 39.0. The molecule has 0 aliphatic rings. The van der Waals surface area contributed by atoms with Crippen molar-refractivity contribution in [3.05, 3.63) is 64.7 Å². The largest absolute Gasteiger partial charge is 0.418 e. The van der Waals surface area contributed by atoms with E-state index in [9.17, 15) is 18.0 Å². The van der Waals surface area contributed by atoms with Crippen molar-refractivity contribution in [2.75, 3.05) is 5.32 Å². The Morgan fingerprint density at radius 2 is 1.71 bits per heavy atom. The van der Waals surface area contributed by atoms with Gasteiger partial charge in [-0.25, -0.2) is 0 Å². The van der Waals surface area contributed by atoms with Gasteiger partial charge in [0.15, 0.2) is 0 Å². The van der Waals surface area contributed by atoms with Gasteiger partial charge < -0.3 is 5.32 Å². The maximum absolute atomic E-state index is 13.0. The highest BCUT2D eigenvalue weighted by molar-refractivity contribution is 6.05. The van der Waals surface area contributed by atoms with Gasteiger partial charge in [-0.1, -0.05) is 29.8 Å². The molecule has 0 radical (unpaired) electrons. The molecule has 0 atom stereocenters. The van der Waals surface area contributed by atoms with Crippen molar-refractivity contribution in [2.45, 2.75) is 20.0 Å². The molecule has 2 aromatic carbocycles. The third-order valence-electron chi connectivity index (χ3n) is 3.12. The zero-order chi connectivity index (χ0) is 15.6. The summed E-state index contributed by atoms with van der Waals surface area (Å²) in [5.41, 5.74) is 0.462. The molecule has 0 saturated carbocycles. The third kappa shape index (κ3) is 3.42. The first-order valence-corrected chi connectivity index (χ1v) is 6.34. The third-order valence-corrected chi connectivity index (χ3v) is 3.12. The minimum Gasteiger partial charge on any atom is -0.321 e. The Morgan fingerprint density at radius 3 is 2.33 bits per heavy atom. The molecule has 0 aliphatic carbocycles. The van der Waals surface area contributed by atoms with Crippen LogP contribution >= 0.6 is 0 Å². The van der Waals surface area contributed by atoms with Crippen LogP contribution < -0.4 is 5.32 Å². The lowest BCUT2D eigenvalue weighted by molar-refractivity contribution is -0.136. The molecular weight excluding hydrogens is 279 g/mol. The van der Waals surface area contributed by atoms with Crippen molar-refractivity contribution < 1.29 is 18.0 Å². The molecule has 21 heavy (non-hydrogen) atoms. The molecule has 0 saturated heterocycles. The van der Waals surface area contributed by atoms with Crippen LogP contribution in [0.2, 0.25) is 0 Å². The molecule has 0 bridgehead atoms. The second kappa shape index (κ2) is 5.60. The van der Waals surface area contributed by atoms with Crippen LogP contribution in [0.5, 0.6) is 0 Å². The fourth-order valence-electron chi connectivity index (χ4n) is 2.02. The number of anilines is 1. The van der Waals surface area contributed by atoms with E-state index >= 15 is 0 Å². The number of benzene rings is 2. The van der Waals surface area contributed by atoms with Gasteiger partial charge in [0.1, 0.15) is 0 Å². The zero-order valence-corrected chi connectivity index (χ0v) is 11.6. The molecule has 0 spiro atoms. The van der Waals surface area contributed by atoms with Crippen LogP contribution in [0.15, 0.2) is 42.5 Å². The van der Waals surface area contributed by atoms with Crippen molar-refractivity contribution in [2.24, 2.45) is 0 Å². The first-order chi connectivity index (χ1) is 9.79. The van der Waals surface area contributed by atoms with Crippen LogP contribution in [0.4, 0.5) is 18.9 Å². The van der Waals surface area contributed by atoms with Crippen molar-refractivity contribution in [3.63, 3.8) is 0 Å². The number of rotatable bonds is 2. The molecule has 0 aromatic heterocycles. The van der Waals surface area contributed by atoms with Crippen LogP contribution in [0, 0.1) is 13.8 Å². The van der Waals surface area contributed by atoms with E-state index in [0.29, 0.717) is 16.7 Å². The molecule has 0 unspecified atom stereocenters. The lowest BCUT2D eigenvalue weighted by Crippen LogP contribution is -2.17. The van der Waals surface area contributed by atoms with Crippen molar-refractivity contribution in [1.29, 1.82) is 0 Å². The summed E-state index contributed by atoms with van der Waals surface area (Å²) in [6.45, 7) is 3.30. The van der Waals surface area contributed by atoms with E-state index in [2.05, 4.69) is 5.32 Å². The maximum Gasteiger partial charge on any atom is 0.418 e. The smallest absolute Gasteiger partial charge is 0.321 e. The second-order valence-corrected chi connectivity index (χ2v) is 4.82. The van der Waals surface area contributed by atoms with Gasteiger partial charge in [0, 0.05) is 5.56 Å². The van der Waals surface area contributed by atoms with Crippen molar-refractivity contribution >= 4 is 11.6 Å². The normalized spacial score (nSPS) is 11.3. The summed E-state index contributed by atoms with van der Waals surface area (Å²) in [5, 5.41) is 2.34. The standard InChI is InChI=1S/C16H14F3NO/c1-10-7-8-14(13(9-10)16(17,18)19)20-15(21)12-6-4-3-5-11(12)2/h3-9H,1-2H3,(H,20,21). The van der Waals surface area contributed by atoms with Gasteiger partial charge in [-0.3, -0.25) is 4.79 Å². The summed E-state index contributed by atoms with van der Waals surface area (Å²) in [7, 11) is 0. The quantitative estimate of drug-likeness (QED) is 0.863. The van der Waals surface area contributed by atoms with Crippen LogP contribution in [0.1, 0.15) is 27.0 Å². The number of nitrogens with one attached hydrogen (secondary N) is 1. The van der Waals surface area contributed by atoms with Crippen LogP contribution in [0.3, 0.4) is 0 Å². The molecule has 2 nitrogen and oxygen atoms in total. The number of amides is 1. The highest BCUT2D eigenvalue weighted by Crippen LogP contribution is 2.35. The van der Waals surface area contributed by atoms with E-state index < -0.39 is 17.6 Å². The SMILES string of the molecule is Cc1ccc(NC(=O)c2ccccc2C)c(C(F)(F)F)c1. The van der Waals surface area contributed by atoms with E-state index in [1.54, 1.807) is 38.1 Å². The van der Waals surface area contributed by atoms with Gasteiger partial charge in [0.2, 0.25) is 0 Å². The highest BCUT2D eigenvalue weighted by atomic mass is 19.4. The Labute approximate surface area is 120 Å². The van der Waals surface area contributed by atoms with Crippen molar-refractivity contribution in [3.8, 4) is 0 Å². The Kier molecular flexibility index (Phi) is 4.02. The van der Waals surface area contributed by atoms with Gasteiger partial charge >= 0.3 is 6.18 Å². The van der Waals surface area contributed by atoms with Gasteiger partial charge in [-0.15, -0.1) is 0 Å². The van der Waals surface area contributed by atoms with E-state index in [-0.39, 0.29) is 5.69 Å². The Balaban J connectivity index is 2.36. The molecule has 2 rings (SSSR count). The molecule has 0 aliphatic heterocycles. The maximum atomic E-state index is 13.0. The summed E-state index contributed by atoms with van der Waals surface area (Å²) >= 11 is 0. The summed E-state index contributed by atoms with van der Waals surface area (Å²) in [5.74, 6) is -0.553. The molecule has 2 aromatic rings. The monoisotopic (exact) mass is 293 g/mol. The first-order valence-electron chi connectivity index (χ1n) is 6.34. The highest BCUT2D eigenvalue weighted by Gasteiger charge is 2.34. The van der Waals surface area contributed by atoms with Crippen LogP contribution in [-0.4, -0.2) is 5.91 Å². The first kappa shape index (κ1) is 15.1. The topological polar surface area (TPSA) is 29.1 Å². The van der Waals surface area contributed by atoms with E-state index in [4.69, 9.17) is 0 Å². The van der Waals surface area contributed by atoms with Crippen LogP contribution in [-0.2, 0) is 6.18 Å². The fraction of sp³-hybridized carbons (Fsp3) is 0.188. The lowest BCUT2D eigenvalue weighted by Gasteiger charge is -2.15. The van der Waals surface area contributed by atoms with E-state index in [1.807, 2.05) is 0 Å². The minimum atomic E-state index is -4.51. The van der Waals surface area contributed by atoms with Crippen LogP contribution in [0.25, 0.3) is 0 Å². The van der Waals surface area contributed by atoms with Gasteiger partial charge in [-0.2, -0.15) is 13.2 Å². The van der Waals surface area contributed by atoms with Crippen molar-refractivity contribution in [1.82, 2.24) is 0 Å².